The zero-order valence-corrected chi connectivity index (χ0v) is 15.4. The first kappa shape index (κ1) is 20.2. The Morgan fingerprint density at radius 3 is 2.29 bits per heavy atom. The van der Waals surface area contributed by atoms with Crippen LogP contribution in [0.15, 0.2) is 30.3 Å². The Labute approximate surface area is 147 Å². The van der Waals surface area contributed by atoms with Crippen LogP contribution in [0.2, 0.25) is 0 Å². The third-order valence-electron chi connectivity index (χ3n) is 3.37. The van der Waals surface area contributed by atoms with Crippen molar-refractivity contribution in [2.45, 2.75) is 44.9 Å². The number of nitrogens with one attached hydrogen (secondary N) is 1. The van der Waals surface area contributed by atoms with Crippen LogP contribution >= 0.6 is 11.8 Å². The Morgan fingerprint density at radius 1 is 1.17 bits per heavy atom. The Bertz CT molecular complexity index is 559. The second-order valence-electron chi connectivity index (χ2n) is 6.00. The number of thioether (sulfide) groups is 1. The van der Waals surface area contributed by atoms with Crippen LogP contribution in [0.5, 0.6) is 0 Å². The summed E-state index contributed by atoms with van der Waals surface area (Å²) < 4.78 is 4.77. The van der Waals surface area contributed by atoms with E-state index in [1.807, 2.05) is 44.2 Å². The molecule has 0 saturated carbocycles. The van der Waals surface area contributed by atoms with Gasteiger partial charge in [0.2, 0.25) is 5.91 Å². The summed E-state index contributed by atoms with van der Waals surface area (Å²) in [7, 11) is 1.30. The lowest BCUT2D eigenvalue weighted by molar-refractivity contribution is -0.145. The largest absolute Gasteiger partial charge is 0.467 e. The summed E-state index contributed by atoms with van der Waals surface area (Å²) in [6.07, 6.45) is 0.910. The third-order valence-corrected chi connectivity index (χ3v) is 4.37. The lowest BCUT2D eigenvalue weighted by Crippen LogP contribution is -2.46. The summed E-state index contributed by atoms with van der Waals surface area (Å²) in [6.45, 7) is 5.36. The Balaban J connectivity index is 2.85. The molecular weight excluding hydrogens is 326 g/mol. The summed E-state index contributed by atoms with van der Waals surface area (Å²) in [5.41, 5.74) is 0.963. The van der Waals surface area contributed by atoms with Gasteiger partial charge in [0.25, 0.3) is 0 Å². The molecule has 0 unspecified atom stereocenters. The highest BCUT2D eigenvalue weighted by Gasteiger charge is 2.28. The number of rotatable bonds is 8. The lowest BCUT2D eigenvalue weighted by Gasteiger charge is -2.21. The SMILES string of the molecule is COC(=O)[C@H](CC(C)C)NC(=O)[C@H](Cc1ccccc1)SC(C)=O. The van der Waals surface area contributed by atoms with Crippen molar-refractivity contribution in [1.82, 2.24) is 5.32 Å². The molecule has 6 heteroatoms. The quantitative estimate of drug-likeness (QED) is 0.729. The fourth-order valence-electron chi connectivity index (χ4n) is 2.31. The molecule has 0 saturated heterocycles. The van der Waals surface area contributed by atoms with Crippen LogP contribution in [0.4, 0.5) is 0 Å². The zero-order valence-electron chi connectivity index (χ0n) is 14.6. The maximum atomic E-state index is 12.6. The van der Waals surface area contributed by atoms with Gasteiger partial charge in [-0.05, 0) is 24.3 Å². The molecule has 1 N–H and O–H groups in total. The van der Waals surface area contributed by atoms with Gasteiger partial charge in [-0.25, -0.2) is 4.79 Å². The number of carbonyl (C=O) groups is 3. The Kier molecular flexibility index (Phi) is 8.54. The van der Waals surface area contributed by atoms with E-state index >= 15 is 0 Å². The van der Waals surface area contributed by atoms with Gasteiger partial charge in [0.15, 0.2) is 5.12 Å². The minimum atomic E-state index is -0.701. The third kappa shape index (κ3) is 7.17. The first-order valence-corrected chi connectivity index (χ1v) is 8.80. The highest BCUT2D eigenvalue weighted by Crippen LogP contribution is 2.19. The zero-order chi connectivity index (χ0) is 18.1. The van der Waals surface area contributed by atoms with Crippen molar-refractivity contribution in [2.24, 2.45) is 5.92 Å². The van der Waals surface area contributed by atoms with Crippen LogP contribution in [0.1, 0.15) is 32.8 Å². The summed E-state index contributed by atoms with van der Waals surface area (Å²) in [5.74, 6) is -0.569. The molecule has 0 aliphatic heterocycles. The molecule has 0 radical (unpaired) electrons. The maximum Gasteiger partial charge on any atom is 0.328 e. The number of amides is 1. The van der Waals surface area contributed by atoms with Gasteiger partial charge in [-0.15, -0.1) is 0 Å². The second-order valence-corrected chi connectivity index (χ2v) is 7.38. The van der Waals surface area contributed by atoms with Crippen molar-refractivity contribution in [1.29, 1.82) is 0 Å². The molecule has 0 spiro atoms. The van der Waals surface area contributed by atoms with E-state index in [0.29, 0.717) is 12.8 Å². The molecule has 0 fully saturated rings. The number of benzene rings is 1. The van der Waals surface area contributed by atoms with E-state index in [4.69, 9.17) is 4.74 Å². The van der Waals surface area contributed by atoms with Crippen LogP contribution in [0.3, 0.4) is 0 Å². The second kappa shape index (κ2) is 10.1. The van der Waals surface area contributed by atoms with Crippen molar-refractivity contribution in [3.8, 4) is 0 Å². The van der Waals surface area contributed by atoms with Gasteiger partial charge < -0.3 is 10.1 Å². The van der Waals surface area contributed by atoms with Crippen LogP contribution < -0.4 is 5.32 Å². The summed E-state index contributed by atoms with van der Waals surface area (Å²) in [5, 5.41) is 2.02. The monoisotopic (exact) mass is 351 g/mol. The normalized spacial score (nSPS) is 13.2. The number of methoxy groups -OCH3 is 1. The van der Waals surface area contributed by atoms with Crippen LogP contribution in [0, 0.1) is 5.92 Å². The number of ether oxygens (including phenoxy) is 1. The van der Waals surface area contributed by atoms with E-state index in [2.05, 4.69) is 5.32 Å². The molecule has 0 aliphatic carbocycles. The molecule has 0 aliphatic rings. The summed E-state index contributed by atoms with van der Waals surface area (Å²) in [6, 6.07) is 8.79. The molecule has 132 valence electrons. The van der Waals surface area contributed by atoms with Crippen LogP contribution in [0.25, 0.3) is 0 Å². The molecule has 0 heterocycles. The van der Waals surface area contributed by atoms with Crippen molar-refractivity contribution in [2.75, 3.05) is 7.11 Å². The molecule has 1 rings (SSSR count). The van der Waals surface area contributed by atoms with Gasteiger partial charge >= 0.3 is 5.97 Å². The van der Waals surface area contributed by atoms with Gasteiger partial charge in [0.1, 0.15) is 6.04 Å². The van der Waals surface area contributed by atoms with E-state index in [9.17, 15) is 14.4 Å². The van der Waals surface area contributed by atoms with Gasteiger partial charge in [-0.1, -0.05) is 55.9 Å². The Morgan fingerprint density at radius 2 is 1.79 bits per heavy atom. The minimum Gasteiger partial charge on any atom is -0.467 e. The predicted molar refractivity (Wildman–Crippen MR) is 95.6 cm³/mol. The smallest absolute Gasteiger partial charge is 0.328 e. The molecule has 1 amide bonds. The molecule has 2 atom stereocenters. The molecule has 24 heavy (non-hydrogen) atoms. The molecule has 0 aromatic heterocycles. The average molecular weight is 351 g/mol. The molecule has 5 nitrogen and oxygen atoms in total. The summed E-state index contributed by atoms with van der Waals surface area (Å²) in [4.78, 5) is 36.0. The topological polar surface area (TPSA) is 72.5 Å². The van der Waals surface area contributed by atoms with E-state index < -0.39 is 17.3 Å². The molecular formula is C18H25NO4S. The van der Waals surface area contributed by atoms with E-state index in [1.165, 1.54) is 14.0 Å². The van der Waals surface area contributed by atoms with Crippen molar-refractivity contribution < 1.29 is 19.1 Å². The van der Waals surface area contributed by atoms with Gasteiger partial charge in [-0.2, -0.15) is 0 Å². The highest BCUT2D eigenvalue weighted by atomic mass is 32.2. The van der Waals surface area contributed by atoms with Crippen molar-refractivity contribution >= 4 is 28.8 Å². The van der Waals surface area contributed by atoms with E-state index in [0.717, 1.165) is 17.3 Å². The standard InChI is InChI=1S/C18H25NO4S/c1-12(2)10-15(18(22)23-4)19-17(21)16(24-13(3)20)11-14-8-6-5-7-9-14/h5-9,12,15-16H,10-11H2,1-4H3,(H,19,21)/t15-,16-/m0/s1. The highest BCUT2D eigenvalue weighted by molar-refractivity contribution is 8.14. The van der Waals surface area contributed by atoms with Crippen molar-refractivity contribution in [3.63, 3.8) is 0 Å². The number of carbonyl (C=O) groups excluding carboxylic acids is 3. The molecule has 0 bridgehead atoms. The fourth-order valence-corrected chi connectivity index (χ4v) is 3.16. The average Bonchev–Trinajstić information content (AvgIpc) is 2.53. The van der Waals surface area contributed by atoms with Gasteiger partial charge in [0, 0.05) is 6.92 Å². The van der Waals surface area contributed by atoms with Gasteiger partial charge in [0.05, 0.1) is 12.4 Å². The number of hydrogen-bond donors (Lipinski definition) is 1. The maximum absolute atomic E-state index is 12.6. The first-order chi connectivity index (χ1) is 11.3. The number of hydrogen-bond acceptors (Lipinski definition) is 5. The van der Waals surface area contributed by atoms with Crippen LogP contribution in [-0.2, 0) is 25.5 Å². The van der Waals surface area contributed by atoms with Crippen LogP contribution in [-0.4, -0.2) is 35.4 Å². The Hall–Kier alpha value is -1.82. The first-order valence-electron chi connectivity index (χ1n) is 7.92. The fraction of sp³-hybridized carbons (Fsp3) is 0.500. The summed E-state index contributed by atoms with van der Waals surface area (Å²) >= 11 is 0.980. The molecule has 1 aromatic carbocycles. The van der Waals surface area contributed by atoms with E-state index in [1.54, 1.807) is 0 Å². The van der Waals surface area contributed by atoms with E-state index in [-0.39, 0.29) is 16.9 Å². The predicted octanol–water partition coefficient (Wildman–Crippen LogP) is 2.58. The minimum absolute atomic E-state index is 0.135. The lowest BCUT2D eigenvalue weighted by atomic mass is 10.0. The van der Waals surface area contributed by atoms with Gasteiger partial charge in [-0.3, -0.25) is 9.59 Å². The number of esters is 1. The van der Waals surface area contributed by atoms with Crippen molar-refractivity contribution in [3.05, 3.63) is 35.9 Å². The molecule has 1 aromatic rings.